The van der Waals surface area contributed by atoms with Crippen LogP contribution in [-0.2, 0) is 0 Å². The maximum atomic E-state index is 12.9. The minimum atomic E-state index is -4.05. The van der Waals surface area contributed by atoms with Crippen LogP contribution >= 0.6 is 0 Å². The summed E-state index contributed by atoms with van der Waals surface area (Å²) >= 11 is 0. The van der Waals surface area contributed by atoms with Gasteiger partial charge in [0.1, 0.15) is 0 Å². The van der Waals surface area contributed by atoms with Crippen molar-refractivity contribution >= 4 is 0 Å². The summed E-state index contributed by atoms with van der Waals surface area (Å²) in [6.07, 6.45) is -0.983. The molecule has 0 rings (SSSR count). The van der Waals surface area contributed by atoms with Crippen LogP contribution in [0.25, 0.3) is 0 Å². The molecule has 0 amide bonds. The molecule has 18 heavy (non-hydrogen) atoms. The zero-order chi connectivity index (χ0) is 14.6. The highest BCUT2D eigenvalue weighted by Crippen LogP contribution is 2.39. The van der Waals surface area contributed by atoms with E-state index in [9.17, 15) is 13.2 Å². The van der Waals surface area contributed by atoms with Crippen LogP contribution in [0.3, 0.4) is 0 Å². The molecule has 0 bridgehead atoms. The first-order valence-electron chi connectivity index (χ1n) is 6.88. The molecule has 0 aliphatic heterocycles. The number of unbranched alkanes of at least 4 members (excludes halogenated alkanes) is 1. The van der Waals surface area contributed by atoms with Gasteiger partial charge in [-0.3, -0.25) is 0 Å². The van der Waals surface area contributed by atoms with E-state index in [2.05, 4.69) is 20.8 Å². The second kappa shape index (κ2) is 6.29. The van der Waals surface area contributed by atoms with Crippen molar-refractivity contribution in [1.29, 1.82) is 0 Å². The fourth-order valence-corrected chi connectivity index (χ4v) is 2.17. The van der Waals surface area contributed by atoms with Crippen LogP contribution < -0.4 is 0 Å². The lowest BCUT2D eigenvalue weighted by Gasteiger charge is -2.28. The van der Waals surface area contributed by atoms with Crippen LogP contribution in [0.2, 0.25) is 0 Å². The van der Waals surface area contributed by atoms with Gasteiger partial charge in [-0.2, -0.15) is 13.2 Å². The van der Waals surface area contributed by atoms with Gasteiger partial charge in [-0.15, -0.1) is 0 Å². The highest BCUT2D eigenvalue weighted by molar-refractivity contribution is 4.75. The highest BCUT2D eigenvalue weighted by atomic mass is 19.4. The Hall–Kier alpha value is -0.210. The zero-order valence-corrected chi connectivity index (χ0v) is 12.7. The lowest BCUT2D eigenvalue weighted by Crippen LogP contribution is -2.27. The average molecular weight is 266 g/mol. The van der Waals surface area contributed by atoms with E-state index in [1.165, 1.54) is 0 Å². The molecule has 3 heteroatoms. The summed E-state index contributed by atoms with van der Waals surface area (Å²) in [5.74, 6) is -1.14. The number of halogens is 3. The monoisotopic (exact) mass is 266 g/mol. The van der Waals surface area contributed by atoms with Crippen LogP contribution in [0, 0.1) is 16.7 Å². The quantitative estimate of drug-likeness (QED) is 0.519. The Labute approximate surface area is 110 Å². The normalized spacial score (nSPS) is 15.8. The maximum absolute atomic E-state index is 12.9. The molecule has 0 fully saturated rings. The summed E-state index contributed by atoms with van der Waals surface area (Å²) < 4.78 is 38.7. The molecular weight excluding hydrogens is 237 g/mol. The van der Waals surface area contributed by atoms with Crippen molar-refractivity contribution < 1.29 is 13.2 Å². The van der Waals surface area contributed by atoms with E-state index < -0.39 is 12.1 Å². The second-order valence-corrected chi connectivity index (χ2v) is 7.81. The third-order valence-electron chi connectivity index (χ3n) is 3.05. The fourth-order valence-electron chi connectivity index (χ4n) is 2.17. The lowest BCUT2D eigenvalue weighted by molar-refractivity contribution is -0.184. The Balaban J connectivity index is 4.20. The summed E-state index contributed by atoms with van der Waals surface area (Å²) in [5, 5.41) is 0. The van der Waals surface area contributed by atoms with Gasteiger partial charge in [0.2, 0.25) is 0 Å². The molecule has 0 N–H and O–H groups in total. The number of hydrogen-bond donors (Lipinski definition) is 0. The lowest BCUT2D eigenvalue weighted by atomic mass is 9.81. The first-order chi connectivity index (χ1) is 7.81. The summed E-state index contributed by atoms with van der Waals surface area (Å²) in [7, 11) is 0. The first-order valence-corrected chi connectivity index (χ1v) is 6.88. The van der Waals surface area contributed by atoms with E-state index in [-0.39, 0.29) is 23.7 Å². The predicted molar refractivity (Wildman–Crippen MR) is 71.5 cm³/mol. The third-order valence-corrected chi connectivity index (χ3v) is 3.05. The molecule has 0 spiro atoms. The zero-order valence-electron chi connectivity index (χ0n) is 12.7. The van der Waals surface area contributed by atoms with Crippen molar-refractivity contribution in [2.45, 2.75) is 79.8 Å². The van der Waals surface area contributed by atoms with Gasteiger partial charge in [0.25, 0.3) is 0 Å². The third kappa shape index (κ3) is 9.78. The number of rotatable bonds is 5. The van der Waals surface area contributed by atoms with Crippen LogP contribution in [-0.4, -0.2) is 6.18 Å². The van der Waals surface area contributed by atoms with Gasteiger partial charge in [0, 0.05) is 0 Å². The fraction of sp³-hybridized carbons (Fsp3) is 1.00. The molecule has 110 valence electrons. The minimum Gasteiger partial charge on any atom is -0.171 e. The predicted octanol–water partition coefficient (Wildman–Crippen LogP) is 6.21. The van der Waals surface area contributed by atoms with Crippen LogP contribution in [0.4, 0.5) is 13.2 Å². The standard InChI is InChI=1S/C15H29F3/c1-13(2,3)10-8-7-9-12(15(16,17)18)11-14(4,5)6/h12H,7-11H2,1-6H3/t12-/m1/s1. The summed E-state index contributed by atoms with van der Waals surface area (Å²) in [5.41, 5.74) is -0.0397. The molecular formula is C15H29F3. The molecule has 0 heterocycles. The Morgan fingerprint density at radius 2 is 1.28 bits per heavy atom. The van der Waals surface area contributed by atoms with Gasteiger partial charge in [0.05, 0.1) is 5.92 Å². The molecule has 0 aliphatic rings. The van der Waals surface area contributed by atoms with Gasteiger partial charge in [-0.25, -0.2) is 0 Å². The van der Waals surface area contributed by atoms with Crippen LogP contribution in [0.1, 0.15) is 73.6 Å². The van der Waals surface area contributed by atoms with Crippen LogP contribution in [0.5, 0.6) is 0 Å². The largest absolute Gasteiger partial charge is 0.391 e. The Kier molecular flexibility index (Phi) is 6.22. The van der Waals surface area contributed by atoms with Crippen molar-refractivity contribution in [1.82, 2.24) is 0 Å². The molecule has 0 aromatic heterocycles. The van der Waals surface area contributed by atoms with Gasteiger partial charge in [-0.05, 0) is 30.1 Å². The first kappa shape index (κ1) is 17.8. The molecule has 0 aromatic rings. The van der Waals surface area contributed by atoms with E-state index in [0.717, 1.165) is 12.8 Å². The SMILES string of the molecule is CC(C)(C)CCCC[C@H](CC(C)(C)C)C(F)(F)F. The van der Waals surface area contributed by atoms with Gasteiger partial charge >= 0.3 is 6.18 Å². The van der Waals surface area contributed by atoms with E-state index in [0.29, 0.717) is 6.42 Å². The van der Waals surface area contributed by atoms with Crippen molar-refractivity contribution in [3.05, 3.63) is 0 Å². The molecule has 0 saturated carbocycles. The van der Waals surface area contributed by atoms with Crippen molar-refractivity contribution in [2.75, 3.05) is 0 Å². The molecule has 1 atom stereocenters. The van der Waals surface area contributed by atoms with E-state index in [4.69, 9.17) is 0 Å². The highest BCUT2D eigenvalue weighted by Gasteiger charge is 2.40. The molecule has 0 aromatic carbocycles. The summed E-state index contributed by atoms with van der Waals surface area (Å²) in [6.45, 7) is 12.0. The van der Waals surface area contributed by atoms with E-state index in [1.807, 2.05) is 20.8 Å². The minimum absolute atomic E-state index is 0.220. The Morgan fingerprint density at radius 1 is 0.778 bits per heavy atom. The molecule has 0 nitrogen and oxygen atoms in total. The van der Waals surface area contributed by atoms with Gasteiger partial charge in [0.15, 0.2) is 0 Å². The molecule has 0 unspecified atom stereocenters. The van der Waals surface area contributed by atoms with E-state index >= 15 is 0 Å². The Morgan fingerprint density at radius 3 is 1.61 bits per heavy atom. The van der Waals surface area contributed by atoms with Crippen molar-refractivity contribution in [3.63, 3.8) is 0 Å². The van der Waals surface area contributed by atoms with Crippen LogP contribution in [0.15, 0.2) is 0 Å². The van der Waals surface area contributed by atoms with Crippen molar-refractivity contribution in [2.24, 2.45) is 16.7 Å². The molecule has 0 saturated heterocycles. The smallest absolute Gasteiger partial charge is 0.171 e. The van der Waals surface area contributed by atoms with E-state index in [1.54, 1.807) is 0 Å². The van der Waals surface area contributed by atoms with Crippen molar-refractivity contribution in [3.8, 4) is 0 Å². The van der Waals surface area contributed by atoms with Gasteiger partial charge in [-0.1, -0.05) is 54.4 Å². The molecule has 0 radical (unpaired) electrons. The summed E-state index contributed by atoms with van der Waals surface area (Å²) in [4.78, 5) is 0. The summed E-state index contributed by atoms with van der Waals surface area (Å²) in [6, 6.07) is 0. The topological polar surface area (TPSA) is 0 Å². The maximum Gasteiger partial charge on any atom is 0.391 e. The number of hydrogen-bond acceptors (Lipinski definition) is 0. The average Bonchev–Trinajstić information content (AvgIpc) is 2.04. The second-order valence-electron chi connectivity index (χ2n) is 7.81. The molecule has 0 aliphatic carbocycles. The number of alkyl halides is 3. The Bertz CT molecular complexity index is 228. The van der Waals surface area contributed by atoms with Gasteiger partial charge < -0.3 is 0 Å².